The molecule has 12 nitrogen and oxygen atoms in total. The number of aromatic nitrogens is 3. The quantitative estimate of drug-likeness (QED) is 0.241. The SMILES string of the molecule is CCNC(=O)Nc1cc(Nc2ccccc2)c(C(=O)Nc2cnc(NCC3(C(=O)O)CCC3)nc2)cn1. The minimum absolute atomic E-state index is 0.237. The van der Waals surface area contributed by atoms with Gasteiger partial charge in [-0.1, -0.05) is 24.6 Å². The smallest absolute Gasteiger partial charge is 0.320 e. The molecule has 0 atom stereocenters. The molecule has 0 aliphatic heterocycles. The summed E-state index contributed by atoms with van der Waals surface area (Å²) < 4.78 is 0. The van der Waals surface area contributed by atoms with Gasteiger partial charge >= 0.3 is 12.0 Å². The number of benzene rings is 1. The lowest BCUT2D eigenvalue weighted by Gasteiger charge is -2.37. The van der Waals surface area contributed by atoms with Gasteiger partial charge in [0.05, 0.1) is 34.7 Å². The first-order valence-corrected chi connectivity index (χ1v) is 11.9. The van der Waals surface area contributed by atoms with Crippen molar-refractivity contribution in [3.63, 3.8) is 0 Å². The summed E-state index contributed by atoms with van der Waals surface area (Å²) >= 11 is 0. The number of nitrogens with zero attached hydrogens (tertiary/aromatic N) is 3. The molecule has 3 aromatic rings. The van der Waals surface area contributed by atoms with Crippen LogP contribution in [-0.4, -0.2) is 51.1 Å². The summed E-state index contributed by atoms with van der Waals surface area (Å²) in [7, 11) is 0. The van der Waals surface area contributed by atoms with Crippen LogP contribution in [0.4, 0.5) is 33.6 Å². The number of pyridine rings is 1. The van der Waals surface area contributed by atoms with Crippen LogP contribution in [0.25, 0.3) is 0 Å². The van der Waals surface area contributed by atoms with Gasteiger partial charge in [-0.15, -0.1) is 0 Å². The maximum absolute atomic E-state index is 13.1. The number of carboxylic acid groups (broad SMARTS) is 1. The summed E-state index contributed by atoms with van der Waals surface area (Å²) in [5.74, 6) is -0.736. The molecule has 3 amide bonds. The Morgan fingerprint density at radius 1 is 0.973 bits per heavy atom. The topological polar surface area (TPSA) is 170 Å². The molecule has 0 spiro atoms. The lowest BCUT2D eigenvalue weighted by Crippen LogP contribution is -2.43. The Kier molecular flexibility index (Phi) is 7.77. The third-order valence-corrected chi connectivity index (χ3v) is 6.04. The standard InChI is InChI=1S/C25H28N8O4/c1-2-26-24(37)33-20-11-19(31-16-7-4-3-5-8-16)18(14-27-20)21(34)32-17-12-28-23(29-13-17)30-15-25(22(35)36)9-6-10-25/h3-5,7-8,11-14H,2,6,9-10,15H2,1H3,(H,32,34)(H,35,36)(H,28,29,30)(H3,26,27,31,33,37). The number of nitrogens with one attached hydrogen (secondary N) is 5. The summed E-state index contributed by atoms with van der Waals surface area (Å²) in [5, 5.41) is 23.6. The molecule has 37 heavy (non-hydrogen) atoms. The van der Waals surface area contributed by atoms with Gasteiger partial charge in [-0.3, -0.25) is 14.9 Å². The van der Waals surface area contributed by atoms with Gasteiger partial charge in [-0.05, 0) is 31.9 Å². The zero-order chi connectivity index (χ0) is 26.3. The predicted molar refractivity (Wildman–Crippen MR) is 139 cm³/mol. The Bertz CT molecular complexity index is 1260. The first kappa shape index (κ1) is 25.4. The van der Waals surface area contributed by atoms with Crippen LogP contribution in [0.5, 0.6) is 0 Å². The number of amides is 3. The van der Waals surface area contributed by atoms with Gasteiger partial charge in [0.1, 0.15) is 5.82 Å². The maximum Gasteiger partial charge on any atom is 0.320 e. The van der Waals surface area contributed by atoms with Crippen LogP contribution in [0.15, 0.2) is 55.0 Å². The normalized spacial score (nSPS) is 13.5. The second kappa shape index (κ2) is 11.3. The van der Waals surface area contributed by atoms with Crippen molar-refractivity contribution in [2.45, 2.75) is 26.2 Å². The molecule has 1 fully saturated rings. The number of anilines is 5. The molecule has 192 valence electrons. The highest BCUT2D eigenvalue weighted by molar-refractivity contribution is 6.08. The zero-order valence-electron chi connectivity index (χ0n) is 20.2. The van der Waals surface area contributed by atoms with Crippen molar-refractivity contribution < 1.29 is 19.5 Å². The van der Waals surface area contributed by atoms with Crippen molar-refractivity contribution in [3.8, 4) is 0 Å². The number of hydrogen-bond acceptors (Lipinski definition) is 8. The van der Waals surface area contributed by atoms with E-state index in [0.717, 1.165) is 12.1 Å². The van der Waals surface area contributed by atoms with E-state index in [1.807, 2.05) is 30.3 Å². The molecule has 1 aliphatic rings. The molecule has 1 aliphatic carbocycles. The van der Waals surface area contributed by atoms with Crippen LogP contribution >= 0.6 is 0 Å². The van der Waals surface area contributed by atoms with Crippen molar-refractivity contribution >= 4 is 46.7 Å². The van der Waals surface area contributed by atoms with E-state index in [0.29, 0.717) is 30.8 Å². The van der Waals surface area contributed by atoms with E-state index >= 15 is 0 Å². The molecular weight excluding hydrogens is 476 g/mol. The Hall–Kier alpha value is -4.74. The monoisotopic (exact) mass is 504 g/mol. The Morgan fingerprint density at radius 2 is 1.70 bits per heavy atom. The largest absolute Gasteiger partial charge is 0.481 e. The predicted octanol–water partition coefficient (Wildman–Crippen LogP) is 3.68. The van der Waals surface area contributed by atoms with Crippen LogP contribution in [0.2, 0.25) is 0 Å². The van der Waals surface area contributed by atoms with Crippen molar-refractivity contribution in [2.24, 2.45) is 5.41 Å². The van der Waals surface area contributed by atoms with E-state index in [1.54, 1.807) is 13.0 Å². The molecule has 12 heteroatoms. The van der Waals surface area contributed by atoms with Crippen LogP contribution in [0, 0.1) is 5.41 Å². The van der Waals surface area contributed by atoms with Crippen molar-refractivity contribution in [2.75, 3.05) is 34.4 Å². The Balaban J connectivity index is 1.46. The molecule has 0 unspecified atom stereocenters. The van der Waals surface area contributed by atoms with Crippen molar-refractivity contribution in [1.82, 2.24) is 20.3 Å². The number of rotatable bonds is 10. The zero-order valence-corrected chi connectivity index (χ0v) is 20.2. The average Bonchev–Trinajstić information content (AvgIpc) is 2.85. The van der Waals surface area contributed by atoms with E-state index in [9.17, 15) is 19.5 Å². The number of carboxylic acids is 1. The van der Waals surface area contributed by atoms with Gasteiger partial charge < -0.3 is 26.4 Å². The third-order valence-electron chi connectivity index (χ3n) is 6.04. The molecule has 4 rings (SSSR count). The molecule has 0 saturated heterocycles. The summed E-state index contributed by atoms with van der Waals surface area (Å²) in [5.41, 5.74) is 0.993. The van der Waals surface area contributed by atoms with Gasteiger partial charge in [-0.25, -0.2) is 19.7 Å². The van der Waals surface area contributed by atoms with E-state index < -0.39 is 23.3 Å². The first-order valence-electron chi connectivity index (χ1n) is 11.9. The van der Waals surface area contributed by atoms with Crippen molar-refractivity contribution in [3.05, 3.63) is 60.6 Å². The Labute approximate surface area is 213 Å². The number of hydrogen-bond donors (Lipinski definition) is 6. The molecule has 0 bridgehead atoms. The molecule has 0 radical (unpaired) electrons. The third kappa shape index (κ3) is 6.28. The molecule has 1 aromatic carbocycles. The Morgan fingerprint density at radius 3 is 2.32 bits per heavy atom. The second-order valence-corrected chi connectivity index (χ2v) is 8.63. The highest BCUT2D eigenvalue weighted by atomic mass is 16.4. The summed E-state index contributed by atoms with van der Waals surface area (Å²) in [6.45, 7) is 2.50. The van der Waals surface area contributed by atoms with Crippen molar-refractivity contribution in [1.29, 1.82) is 0 Å². The number of aliphatic carboxylic acids is 1. The lowest BCUT2D eigenvalue weighted by molar-refractivity contribution is -0.153. The molecule has 2 aromatic heterocycles. The number of carbonyl (C=O) groups excluding carboxylic acids is 2. The number of carbonyl (C=O) groups is 3. The minimum Gasteiger partial charge on any atom is -0.481 e. The fraction of sp³-hybridized carbons (Fsp3) is 0.280. The van der Waals surface area contributed by atoms with Gasteiger partial charge in [0, 0.05) is 31.0 Å². The highest BCUT2D eigenvalue weighted by Crippen LogP contribution is 2.41. The summed E-state index contributed by atoms with van der Waals surface area (Å²) in [4.78, 5) is 49.1. The summed E-state index contributed by atoms with van der Waals surface area (Å²) in [6.07, 6.45) is 6.36. The highest BCUT2D eigenvalue weighted by Gasteiger charge is 2.44. The van der Waals surface area contributed by atoms with E-state index in [1.165, 1.54) is 18.6 Å². The van der Waals surface area contributed by atoms with Crippen LogP contribution in [0.3, 0.4) is 0 Å². The van der Waals surface area contributed by atoms with Gasteiger partial charge in [0.2, 0.25) is 5.95 Å². The maximum atomic E-state index is 13.1. The molecular formula is C25H28N8O4. The average molecular weight is 505 g/mol. The molecule has 6 N–H and O–H groups in total. The van der Waals surface area contributed by atoms with Crippen LogP contribution < -0.4 is 26.6 Å². The van der Waals surface area contributed by atoms with E-state index in [-0.39, 0.29) is 23.9 Å². The van der Waals surface area contributed by atoms with E-state index in [4.69, 9.17) is 0 Å². The second-order valence-electron chi connectivity index (χ2n) is 8.63. The minimum atomic E-state index is -0.823. The van der Waals surface area contributed by atoms with E-state index in [2.05, 4.69) is 41.5 Å². The number of urea groups is 1. The fourth-order valence-corrected chi connectivity index (χ4v) is 3.81. The lowest BCUT2D eigenvalue weighted by atomic mass is 9.69. The fourth-order valence-electron chi connectivity index (χ4n) is 3.81. The molecule has 2 heterocycles. The number of para-hydroxylation sites is 1. The first-order chi connectivity index (χ1) is 17.9. The van der Waals surface area contributed by atoms with Crippen LogP contribution in [-0.2, 0) is 4.79 Å². The summed E-state index contributed by atoms with van der Waals surface area (Å²) in [6, 6.07) is 10.4. The van der Waals surface area contributed by atoms with Gasteiger partial charge in [0.25, 0.3) is 5.91 Å². The van der Waals surface area contributed by atoms with Gasteiger partial charge in [0.15, 0.2) is 0 Å². The molecule has 1 saturated carbocycles. The van der Waals surface area contributed by atoms with Gasteiger partial charge in [-0.2, -0.15) is 0 Å². The van der Waals surface area contributed by atoms with Crippen LogP contribution in [0.1, 0.15) is 36.5 Å².